The van der Waals surface area contributed by atoms with Gasteiger partial charge in [-0.3, -0.25) is 5.43 Å². The van der Waals surface area contributed by atoms with Crippen molar-refractivity contribution in [3.63, 3.8) is 0 Å². The van der Waals surface area contributed by atoms with Crippen molar-refractivity contribution in [1.82, 2.24) is 0 Å². The van der Waals surface area contributed by atoms with Gasteiger partial charge in [-0.05, 0) is 30.7 Å². The molecule has 0 fully saturated rings. The van der Waals surface area contributed by atoms with Gasteiger partial charge in [-0.1, -0.05) is 41.9 Å². The Morgan fingerprint density at radius 1 is 1.20 bits per heavy atom. The van der Waals surface area contributed by atoms with Crippen molar-refractivity contribution in [2.45, 2.75) is 6.92 Å². The van der Waals surface area contributed by atoms with Gasteiger partial charge in [0.1, 0.15) is 0 Å². The van der Waals surface area contributed by atoms with Gasteiger partial charge in [-0.2, -0.15) is 5.10 Å². The minimum absolute atomic E-state index is 0.0655. The van der Waals surface area contributed by atoms with E-state index in [1.54, 1.807) is 6.07 Å². The first kappa shape index (κ1) is 14.1. The maximum absolute atomic E-state index is 10.9. The molecule has 0 saturated heterocycles. The third kappa shape index (κ3) is 3.36. The van der Waals surface area contributed by atoms with E-state index in [4.69, 9.17) is 11.6 Å². The minimum Gasteiger partial charge on any atom is -0.545 e. The predicted octanol–water partition coefficient (Wildman–Crippen LogP) is 2.54. The van der Waals surface area contributed by atoms with Gasteiger partial charge >= 0.3 is 0 Å². The molecule has 0 heterocycles. The van der Waals surface area contributed by atoms with Crippen molar-refractivity contribution in [2.24, 2.45) is 5.10 Å². The summed E-state index contributed by atoms with van der Waals surface area (Å²) in [6.45, 7) is 1.86. The zero-order valence-corrected chi connectivity index (χ0v) is 11.5. The van der Waals surface area contributed by atoms with Crippen LogP contribution in [0.2, 0.25) is 5.02 Å². The number of carboxylic acids is 1. The number of carbonyl (C=O) groups is 1. The van der Waals surface area contributed by atoms with Crippen LogP contribution in [0.15, 0.2) is 53.6 Å². The summed E-state index contributed by atoms with van der Waals surface area (Å²) < 4.78 is 0. The maximum atomic E-state index is 10.9. The van der Waals surface area contributed by atoms with Crippen LogP contribution in [-0.4, -0.2) is 11.7 Å². The van der Waals surface area contributed by atoms with Crippen LogP contribution >= 0.6 is 11.6 Å². The lowest BCUT2D eigenvalue weighted by molar-refractivity contribution is -0.255. The van der Waals surface area contributed by atoms with E-state index in [2.05, 4.69) is 10.5 Å². The van der Waals surface area contributed by atoms with Crippen molar-refractivity contribution >= 4 is 29.0 Å². The van der Waals surface area contributed by atoms with Gasteiger partial charge in [0.25, 0.3) is 0 Å². The molecule has 20 heavy (non-hydrogen) atoms. The van der Waals surface area contributed by atoms with Crippen molar-refractivity contribution in [3.8, 4) is 0 Å². The summed E-state index contributed by atoms with van der Waals surface area (Å²) in [6, 6.07) is 14.2. The molecular weight excluding hydrogens is 276 g/mol. The molecule has 0 aliphatic rings. The monoisotopic (exact) mass is 287 g/mol. The number of carboxylic acid groups (broad SMARTS) is 1. The molecule has 5 heteroatoms. The summed E-state index contributed by atoms with van der Waals surface area (Å²) in [5.41, 5.74) is 5.04. The summed E-state index contributed by atoms with van der Waals surface area (Å²) in [5, 5.41) is 15.2. The minimum atomic E-state index is -1.32. The molecule has 0 saturated carbocycles. The second-order valence-electron chi connectivity index (χ2n) is 4.16. The van der Waals surface area contributed by atoms with Crippen molar-refractivity contribution in [2.75, 3.05) is 5.43 Å². The normalized spacial score (nSPS) is 11.2. The number of aromatic carboxylic acids is 1. The Balaban J connectivity index is 2.19. The van der Waals surface area contributed by atoms with Gasteiger partial charge < -0.3 is 9.90 Å². The predicted molar refractivity (Wildman–Crippen MR) is 78.1 cm³/mol. The van der Waals surface area contributed by atoms with E-state index in [1.165, 1.54) is 12.1 Å². The number of carbonyl (C=O) groups excluding carboxylic acids is 1. The average molecular weight is 288 g/mol. The van der Waals surface area contributed by atoms with Gasteiger partial charge in [0, 0.05) is 10.6 Å². The van der Waals surface area contributed by atoms with Crippen LogP contribution in [-0.2, 0) is 0 Å². The first-order valence-electron chi connectivity index (χ1n) is 5.94. The number of nitrogens with zero attached hydrogens (tertiary/aromatic N) is 1. The SMILES string of the molecule is C/C(=N/Nc1ccc(Cl)c(C(=O)[O-])c1)c1ccccc1. The highest BCUT2D eigenvalue weighted by molar-refractivity contribution is 6.33. The smallest absolute Gasteiger partial charge is 0.0731 e. The third-order valence-electron chi connectivity index (χ3n) is 2.73. The molecule has 0 aliphatic heterocycles. The molecule has 1 N–H and O–H groups in total. The number of nitrogens with one attached hydrogen (secondary N) is 1. The number of halogens is 1. The van der Waals surface area contributed by atoms with E-state index in [1.807, 2.05) is 37.3 Å². The molecule has 0 unspecified atom stereocenters. The second kappa shape index (κ2) is 6.21. The van der Waals surface area contributed by atoms with Gasteiger partial charge in [0.2, 0.25) is 0 Å². The van der Waals surface area contributed by atoms with Crippen LogP contribution in [0, 0.1) is 0 Å². The first-order chi connectivity index (χ1) is 9.58. The lowest BCUT2D eigenvalue weighted by atomic mass is 10.1. The van der Waals surface area contributed by atoms with E-state index >= 15 is 0 Å². The fourth-order valence-corrected chi connectivity index (χ4v) is 1.84. The fourth-order valence-electron chi connectivity index (χ4n) is 1.64. The van der Waals surface area contributed by atoms with Gasteiger partial charge in [-0.15, -0.1) is 0 Å². The lowest BCUT2D eigenvalue weighted by Gasteiger charge is -2.08. The van der Waals surface area contributed by atoms with Crippen LogP contribution in [0.3, 0.4) is 0 Å². The van der Waals surface area contributed by atoms with Crippen molar-refractivity contribution in [3.05, 3.63) is 64.7 Å². The third-order valence-corrected chi connectivity index (χ3v) is 3.06. The highest BCUT2D eigenvalue weighted by Gasteiger charge is 2.03. The van der Waals surface area contributed by atoms with Crippen molar-refractivity contribution in [1.29, 1.82) is 0 Å². The van der Waals surface area contributed by atoms with E-state index in [-0.39, 0.29) is 10.6 Å². The quantitative estimate of drug-likeness (QED) is 0.694. The van der Waals surface area contributed by atoms with Crippen molar-refractivity contribution < 1.29 is 9.90 Å². The van der Waals surface area contributed by atoms with Crippen LogP contribution in [0.5, 0.6) is 0 Å². The summed E-state index contributed by atoms with van der Waals surface area (Å²) >= 11 is 5.77. The van der Waals surface area contributed by atoms with Crippen LogP contribution in [0.25, 0.3) is 0 Å². The van der Waals surface area contributed by atoms with Crippen LogP contribution in [0.1, 0.15) is 22.8 Å². The first-order valence-corrected chi connectivity index (χ1v) is 6.32. The van der Waals surface area contributed by atoms with Gasteiger partial charge in [-0.25, -0.2) is 0 Å². The standard InChI is InChI=1S/C15H13ClN2O2/c1-10(11-5-3-2-4-6-11)17-18-12-7-8-14(16)13(9-12)15(19)20/h2-9,18H,1H3,(H,19,20)/p-1/b17-10-. The Labute approximate surface area is 121 Å². The number of anilines is 1. The zero-order chi connectivity index (χ0) is 14.5. The molecule has 4 nitrogen and oxygen atoms in total. The Hall–Kier alpha value is -2.33. The molecule has 2 rings (SSSR count). The Morgan fingerprint density at radius 3 is 2.55 bits per heavy atom. The van der Waals surface area contributed by atoms with Crippen LogP contribution in [0.4, 0.5) is 5.69 Å². The topological polar surface area (TPSA) is 64.5 Å². The number of hydrazone groups is 1. The molecule has 0 aliphatic carbocycles. The molecule has 0 bridgehead atoms. The molecule has 0 aromatic heterocycles. The Bertz CT molecular complexity index is 654. The highest BCUT2D eigenvalue weighted by Crippen LogP contribution is 2.20. The van der Waals surface area contributed by atoms with E-state index in [0.717, 1.165) is 11.3 Å². The number of benzene rings is 2. The Morgan fingerprint density at radius 2 is 1.90 bits per heavy atom. The largest absolute Gasteiger partial charge is 0.545 e. The number of hydrogen-bond donors (Lipinski definition) is 1. The number of rotatable bonds is 4. The summed E-state index contributed by atoms with van der Waals surface area (Å²) in [7, 11) is 0. The molecule has 0 atom stereocenters. The molecule has 0 amide bonds. The van der Waals surface area contributed by atoms with E-state index in [0.29, 0.717) is 5.69 Å². The fraction of sp³-hybridized carbons (Fsp3) is 0.0667. The van der Waals surface area contributed by atoms with E-state index < -0.39 is 5.97 Å². The second-order valence-corrected chi connectivity index (χ2v) is 4.56. The summed E-state index contributed by atoms with van der Waals surface area (Å²) in [4.78, 5) is 10.9. The molecule has 0 radical (unpaired) electrons. The molecular formula is C15H12ClN2O2-. The Kier molecular flexibility index (Phi) is 4.38. The van der Waals surface area contributed by atoms with Gasteiger partial charge in [0.15, 0.2) is 0 Å². The van der Waals surface area contributed by atoms with E-state index in [9.17, 15) is 9.90 Å². The molecule has 2 aromatic rings. The molecule has 2 aromatic carbocycles. The zero-order valence-electron chi connectivity index (χ0n) is 10.8. The number of hydrogen-bond acceptors (Lipinski definition) is 4. The average Bonchev–Trinajstić information content (AvgIpc) is 2.46. The lowest BCUT2D eigenvalue weighted by Crippen LogP contribution is -2.22. The maximum Gasteiger partial charge on any atom is 0.0731 e. The van der Waals surface area contributed by atoms with Crippen LogP contribution < -0.4 is 10.5 Å². The van der Waals surface area contributed by atoms with Gasteiger partial charge in [0.05, 0.1) is 17.4 Å². The summed E-state index contributed by atoms with van der Waals surface area (Å²) in [6.07, 6.45) is 0. The molecule has 102 valence electrons. The highest BCUT2D eigenvalue weighted by atomic mass is 35.5. The molecule has 0 spiro atoms. The summed E-state index contributed by atoms with van der Waals surface area (Å²) in [5.74, 6) is -1.32.